The smallest absolute Gasteiger partial charge is 0.162 e. The largest absolute Gasteiger partial charge is 0.486 e. The number of fused-ring (bicyclic) bond motifs is 1. The van der Waals surface area contributed by atoms with Gasteiger partial charge in [0.25, 0.3) is 0 Å². The lowest BCUT2D eigenvalue weighted by Crippen LogP contribution is -2.35. The first-order chi connectivity index (χ1) is 9.19. The van der Waals surface area contributed by atoms with E-state index in [4.69, 9.17) is 14.7 Å². The van der Waals surface area contributed by atoms with Crippen molar-refractivity contribution in [2.75, 3.05) is 19.0 Å². The zero-order chi connectivity index (χ0) is 13.7. The van der Waals surface area contributed by atoms with Crippen LogP contribution in [-0.4, -0.2) is 31.1 Å². The summed E-state index contributed by atoms with van der Waals surface area (Å²) < 4.78 is 11.0. The molecule has 19 heavy (non-hydrogen) atoms. The zero-order valence-corrected chi connectivity index (χ0v) is 12.0. The van der Waals surface area contributed by atoms with Gasteiger partial charge >= 0.3 is 0 Å². The summed E-state index contributed by atoms with van der Waals surface area (Å²) in [6.45, 7) is 5.28. The van der Waals surface area contributed by atoms with Crippen molar-refractivity contribution in [3.63, 3.8) is 0 Å². The molecule has 0 spiro atoms. The maximum Gasteiger partial charge on any atom is 0.162 e. The highest BCUT2D eigenvalue weighted by Crippen LogP contribution is 2.34. The molecule has 1 heterocycles. The molecule has 102 valence electrons. The number of rotatable bonds is 5. The molecule has 1 N–H and O–H groups in total. The van der Waals surface area contributed by atoms with E-state index in [0.717, 1.165) is 16.4 Å². The van der Waals surface area contributed by atoms with Gasteiger partial charge in [-0.05, 0) is 32.0 Å². The molecule has 0 radical (unpaired) electrons. The van der Waals surface area contributed by atoms with Gasteiger partial charge in [0.15, 0.2) is 11.5 Å². The number of nitrogens with one attached hydrogen (secondary N) is 1. The Morgan fingerprint density at radius 1 is 1.32 bits per heavy atom. The Bertz CT molecular complexity index is 471. The average Bonchev–Trinajstić information content (AvgIpc) is 2.42. The van der Waals surface area contributed by atoms with Crippen molar-refractivity contribution in [1.29, 1.82) is 5.26 Å². The Morgan fingerprint density at radius 2 is 2.05 bits per heavy atom. The van der Waals surface area contributed by atoms with Crippen molar-refractivity contribution >= 4 is 11.8 Å². The van der Waals surface area contributed by atoms with Gasteiger partial charge in [0.05, 0.1) is 6.07 Å². The average molecular weight is 278 g/mol. The Labute approximate surface area is 118 Å². The predicted octanol–water partition coefficient (Wildman–Crippen LogP) is 2.44. The number of thioether (sulfide) groups is 1. The summed E-state index contributed by atoms with van der Waals surface area (Å²) in [6, 6.07) is 8.35. The molecule has 1 aromatic carbocycles. The van der Waals surface area contributed by atoms with E-state index in [-0.39, 0.29) is 6.04 Å². The second-order valence-corrected chi connectivity index (χ2v) is 5.71. The van der Waals surface area contributed by atoms with Gasteiger partial charge in [-0.15, -0.1) is 11.8 Å². The molecule has 1 aliphatic rings. The lowest BCUT2D eigenvalue weighted by molar-refractivity contribution is 0.171. The molecule has 4 nitrogen and oxygen atoms in total. The van der Waals surface area contributed by atoms with Gasteiger partial charge in [-0.1, -0.05) is 0 Å². The van der Waals surface area contributed by atoms with Gasteiger partial charge in [-0.3, -0.25) is 5.32 Å². The van der Waals surface area contributed by atoms with Crippen molar-refractivity contribution in [2.45, 2.75) is 30.8 Å². The summed E-state index contributed by atoms with van der Waals surface area (Å²) in [5.74, 6) is 2.31. The fourth-order valence-electron chi connectivity index (χ4n) is 1.82. The quantitative estimate of drug-likeness (QED) is 0.838. The van der Waals surface area contributed by atoms with Gasteiger partial charge in [-0.25, -0.2) is 0 Å². The third kappa shape index (κ3) is 4.05. The first-order valence-electron chi connectivity index (χ1n) is 6.37. The number of nitriles is 1. The molecular formula is C14H18N2O2S. The topological polar surface area (TPSA) is 54.3 Å². The minimum absolute atomic E-state index is 0.141. The van der Waals surface area contributed by atoms with E-state index in [0.29, 0.717) is 25.0 Å². The molecule has 0 saturated heterocycles. The van der Waals surface area contributed by atoms with Crippen LogP contribution in [0.2, 0.25) is 0 Å². The molecule has 1 aromatic rings. The summed E-state index contributed by atoms with van der Waals surface area (Å²) in [4.78, 5) is 1.09. The highest BCUT2D eigenvalue weighted by atomic mass is 32.2. The molecule has 0 aromatic heterocycles. The van der Waals surface area contributed by atoms with Crippen molar-refractivity contribution in [1.82, 2.24) is 5.32 Å². The monoisotopic (exact) mass is 278 g/mol. The van der Waals surface area contributed by atoms with Gasteiger partial charge in [0.2, 0.25) is 0 Å². The standard InChI is InChI=1S/C14H18N2O2S/c1-10(2)16-11(8-15)9-19-12-3-4-13-14(7-12)18-6-5-17-13/h3-4,7,10-11,16H,5-6,9H2,1-2H3. The van der Waals surface area contributed by atoms with E-state index in [1.54, 1.807) is 11.8 Å². The van der Waals surface area contributed by atoms with Crippen molar-refractivity contribution in [3.05, 3.63) is 18.2 Å². The fourth-order valence-corrected chi connectivity index (χ4v) is 2.70. The third-order valence-electron chi connectivity index (χ3n) is 2.62. The number of hydrogen-bond acceptors (Lipinski definition) is 5. The predicted molar refractivity (Wildman–Crippen MR) is 75.8 cm³/mol. The van der Waals surface area contributed by atoms with Crippen LogP contribution in [0.1, 0.15) is 13.8 Å². The van der Waals surface area contributed by atoms with Gasteiger partial charge in [0, 0.05) is 16.7 Å². The van der Waals surface area contributed by atoms with Crippen LogP contribution < -0.4 is 14.8 Å². The SMILES string of the molecule is CC(C)NC(C#N)CSc1ccc2c(c1)OCCO2. The fraction of sp³-hybridized carbons (Fsp3) is 0.500. The van der Waals surface area contributed by atoms with E-state index in [1.807, 2.05) is 32.0 Å². The lowest BCUT2D eigenvalue weighted by Gasteiger charge is -2.19. The molecular weight excluding hydrogens is 260 g/mol. The minimum Gasteiger partial charge on any atom is -0.486 e. The molecule has 0 bridgehead atoms. The number of nitrogens with zero attached hydrogens (tertiary/aromatic N) is 1. The molecule has 5 heteroatoms. The maximum absolute atomic E-state index is 9.07. The van der Waals surface area contributed by atoms with Crippen LogP contribution in [0.3, 0.4) is 0 Å². The van der Waals surface area contributed by atoms with Crippen molar-refractivity contribution in [3.8, 4) is 17.6 Å². The van der Waals surface area contributed by atoms with E-state index >= 15 is 0 Å². The van der Waals surface area contributed by atoms with Crippen LogP contribution >= 0.6 is 11.8 Å². The van der Waals surface area contributed by atoms with E-state index in [9.17, 15) is 0 Å². The Morgan fingerprint density at radius 3 is 2.74 bits per heavy atom. The molecule has 1 unspecified atom stereocenters. The second-order valence-electron chi connectivity index (χ2n) is 4.62. The molecule has 0 saturated carbocycles. The Kier molecular flexibility index (Phi) is 4.94. The Hall–Kier alpha value is -1.38. The van der Waals surface area contributed by atoms with Gasteiger partial charge in [-0.2, -0.15) is 5.26 Å². The summed E-state index contributed by atoms with van der Waals surface area (Å²) in [7, 11) is 0. The second kappa shape index (κ2) is 6.69. The highest BCUT2D eigenvalue weighted by Gasteiger charge is 2.13. The van der Waals surface area contributed by atoms with Crippen LogP contribution in [0.5, 0.6) is 11.5 Å². The zero-order valence-electron chi connectivity index (χ0n) is 11.2. The van der Waals surface area contributed by atoms with Crippen LogP contribution in [0, 0.1) is 11.3 Å². The number of ether oxygens (including phenoxy) is 2. The molecule has 2 rings (SSSR count). The normalized spacial score (nSPS) is 15.1. The summed E-state index contributed by atoms with van der Waals surface area (Å²) in [5.41, 5.74) is 0. The van der Waals surface area contributed by atoms with E-state index in [2.05, 4.69) is 11.4 Å². The summed E-state index contributed by atoms with van der Waals surface area (Å²) in [5, 5.41) is 12.3. The molecule has 0 aliphatic carbocycles. The number of hydrogen-bond donors (Lipinski definition) is 1. The lowest BCUT2D eigenvalue weighted by atomic mass is 10.3. The van der Waals surface area contributed by atoms with Gasteiger partial charge in [0.1, 0.15) is 19.3 Å². The van der Waals surface area contributed by atoms with Crippen molar-refractivity contribution < 1.29 is 9.47 Å². The van der Waals surface area contributed by atoms with Crippen LogP contribution in [-0.2, 0) is 0 Å². The molecule has 1 aliphatic heterocycles. The highest BCUT2D eigenvalue weighted by molar-refractivity contribution is 7.99. The van der Waals surface area contributed by atoms with E-state index in [1.165, 1.54) is 0 Å². The summed E-state index contributed by atoms with van der Waals surface area (Å²) >= 11 is 1.65. The molecule has 1 atom stereocenters. The molecule has 0 amide bonds. The van der Waals surface area contributed by atoms with Crippen LogP contribution in [0.4, 0.5) is 0 Å². The van der Waals surface area contributed by atoms with E-state index < -0.39 is 0 Å². The van der Waals surface area contributed by atoms with Crippen molar-refractivity contribution in [2.24, 2.45) is 0 Å². The first kappa shape index (κ1) is 14.0. The third-order valence-corrected chi connectivity index (χ3v) is 3.71. The maximum atomic E-state index is 9.07. The van der Waals surface area contributed by atoms with Crippen LogP contribution in [0.25, 0.3) is 0 Å². The number of benzene rings is 1. The molecule has 0 fully saturated rings. The first-order valence-corrected chi connectivity index (χ1v) is 7.35. The minimum atomic E-state index is -0.141. The van der Waals surface area contributed by atoms with Crippen LogP contribution in [0.15, 0.2) is 23.1 Å². The van der Waals surface area contributed by atoms with Gasteiger partial charge < -0.3 is 9.47 Å². The summed E-state index contributed by atoms with van der Waals surface area (Å²) in [6.07, 6.45) is 0. The Balaban J connectivity index is 1.94.